The van der Waals surface area contributed by atoms with E-state index in [1.165, 1.54) is 22.3 Å². The van der Waals surface area contributed by atoms with Crippen molar-refractivity contribution in [1.29, 1.82) is 0 Å². The van der Waals surface area contributed by atoms with Crippen molar-refractivity contribution in [3.05, 3.63) is 103 Å². The monoisotopic (exact) mass is 430 g/mol. The van der Waals surface area contributed by atoms with Crippen LogP contribution in [0.25, 0.3) is 27.9 Å². The topological polar surface area (TPSA) is 65.3 Å². The fraction of sp³-hybridized carbons (Fsp3) is 0.120. The number of aryl methyl sites for hydroxylation is 1. The molecular weight excluding hydrogens is 407 g/mol. The van der Waals surface area contributed by atoms with Gasteiger partial charge in [0, 0.05) is 36.4 Å². The first-order valence-corrected chi connectivity index (χ1v) is 12.0. The van der Waals surface area contributed by atoms with Gasteiger partial charge in [0.15, 0.2) is 31.3 Å². The van der Waals surface area contributed by atoms with Crippen molar-refractivity contribution < 1.29 is 23.5 Å². The quantitative estimate of drug-likeness (QED) is 0.330. The summed E-state index contributed by atoms with van der Waals surface area (Å²) in [5.41, 5.74) is 8.70. The highest BCUT2D eigenvalue weighted by molar-refractivity contribution is 7.51. The van der Waals surface area contributed by atoms with Crippen molar-refractivity contribution in [2.45, 2.75) is 13.0 Å². The number of aromatic nitrogens is 2. The molecule has 2 aromatic carbocycles. The van der Waals surface area contributed by atoms with Crippen LogP contribution in [0.2, 0.25) is 0 Å². The summed E-state index contributed by atoms with van der Waals surface area (Å²) in [4.78, 5) is 18.0. The van der Waals surface area contributed by atoms with Gasteiger partial charge in [-0.25, -0.2) is 4.57 Å². The molecule has 0 bridgehead atoms. The van der Waals surface area contributed by atoms with Gasteiger partial charge in [0.1, 0.15) is 6.16 Å². The SMILES string of the molecule is O=P(O)(O)CC[n+]1ccc(-c2cc[n+](-c3ccc4c(c3)Cc3ccccc3-4)cc2)cc1. The van der Waals surface area contributed by atoms with Gasteiger partial charge >= 0.3 is 7.60 Å². The number of fused-ring (bicyclic) bond motifs is 3. The minimum atomic E-state index is -3.98. The van der Waals surface area contributed by atoms with Gasteiger partial charge in [-0.3, -0.25) is 4.57 Å². The normalized spacial score (nSPS) is 12.5. The summed E-state index contributed by atoms with van der Waals surface area (Å²) in [5, 5.41) is 0. The van der Waals surface area contributed by atoms with Gasteiger partial charge < -0.3 is 9.79 Å². The predicted molar refractivity (Wildman–Crippen MR) is 119 cm³/mol. The lowest BCUT2D eigenvalue weighted by Gasteiger charge is -2.04. The average Bonchev–Trinajstić information content (AvgIpc) is 3.15. The Labute approximate surface area is 181 Å². The molecule has 0 atom stereocenters. The second-order valence-electron chi connectivity index (χ2n) is 7.88. The minimum absolute atomic E-state index is 0.159. The molecule has 0 spiro atoms. The molecule has 0 aliphatic heterocycles. The third-order valence-electron chi connectivity index (χ3n) is 5.78. The number of nitrogens with zero attached hydrogens (tertiary/aromatic N) is 2. The maximum atomic E-state index is 11.0. The van der Waals surface area contributed by atoms with Crippen LogP contribution in [0.5, 0.6) is 0 Å². The molecule has 0 amide bonds. The van der Waals surface area contributed by atoms with E-state index >= 15 is 0 Å². The molecule has 4 aromatic rings. The second kappa shape index (κ2) is 7.86. The molecule has 0 fully saturated rings. The average molecular weight is 430 g/mol. The summed E-state index contributed by atoms with van der Waals surface area (Å²) in [6.07, 6.45) is 8.65. The summed E-state index contributed by atoms with van der Waals surface area (Å²) in [7, 11) is -3.98. The van der Waals surface area contributed by atoms with Crippen molar-refractivity contribution in [2.24, 2.45) is 0 Å². The van der Waals surface area contributed by atoms with Crippen LogP contribution in [0.3, 0.4) is 0 Å². The summed E-state index contributed by atoms with van der Waals surface area (Å²) < 4.78 is 14.9. The van der Waals surface area contributed by atoms with Crippen LogP contribution in [0.15, 0.2) is 91.5 Å². The maximum absolute atomic E-state index is 11.0. The van der Waals surface area contributed by atoms with E-state index < -0.39 is 7.60 Å². The first-order chi connectivity index (χ1) is 15.0. The first kappa shape index (κ1) is 19.8. The van der Waals surface area contributed by atoms with Crippen LogP contribution in [0.4, 0.5) is 0 Å². The summed E-state index contributed by atoms with van der Waals surface area (Å²) in [5.74, 6) is 0. The van der Waals surface area contributed by atoms with Gasteiger partial charge in [0.25, 0.3) is 0 Å². The van der Waals surface area contributed by atoms with E-state index in [9.17, 15) is 4.57 Å². The Morgan fingerprint density at radius 2 is 1.42 bits per heavy atom. The van der Waals surface area contributed by atoms with Crippen LogP contribution in [0, 0.1) is 0 Å². The second-order valence-corrected chi connectivity index (χ2v) is 9.66. The van der Waals surface area contributed by atoms with Crippen molar-refractivity contribution in [2.75, 3.05) is 6.16 Å². The van der Waals surface area contributed by atoms with Gasteiger partial charge in [0.05, 0.1) is 0 Å². The van der Waals surface area contributed by atoms with E-state index in [0.717, 1.165) is 23.2 Å². The third kappa shape index (κ3) is 4.21. The standard InChI is InChI=1S/C25H21N2O3P/c28-31(29,30)16-15-26-11-7-19(8-12-26)20-9-13-27(14-10-20)23-5-6-25-22(18-23)17-21-3-1-2-4-24(21)25/h1-14,18H,15-17H2/p+2. The Bertz CT molecular complexity index is 1300. The van der Waals surface area contributed by atoms with Gasteiger partial charge in [-0.05, 0) is 45.9 Å². The minimum Gasteiger partial charge on any atom is -0.324 e. The number of pyridine rings is 2. The van der Waals surface area contributed by atoms with Crippen molar-refractivity contribution in [3.8, 4) is 27.9 Å². The molecule has 6 heteroatoms. The van der Waals surface area contributed by atoms with Crippen molar-refractivity contribution >= 4 is 7.60 Å². The Morgan fingerprint density at radius 3 is 2.13 bits per heavy atom. The lowest BCUT2D eigenvalue weighted by Crippen LogP contribution is -2.34. The fourth-order valence-corrected chi connectivity index (χ4v) is 4.62. The van der Waals surface area contributed by atoms with E-state index in [-0.39, 0.29) is 6.16 Å². The molecule has 31 heavy (non-hydrogen) atoms. The Hall–Kier alpha value is -3.11. The Kier molecular flexibility index (Phi) is 5.03. The highest BCUT2D eigenvalue weighted by Crippen LogP contribution is 2.36. The molecule has 2 heterocycles. The summed E-state index contributed by atoms with van der Waals surface area (Å²) >= 11 is 0. The molecule has 0 unspecified atom stereocenters. The summed E-state index contributed by atoms with van der Waals surface area (Å²) in [6, 6.07) is 23.3. The molecule has 0 saturated carbocycles. The molecule has 0 radical (unpaired) electrons. The molecule has 5 nitrogen and oxygen atoms in total. The summed E-state index contributed by atoms with van der Waals surface area (Å²) in [6.45, 7) is 0.293. The number of hydrogen-bond donors (Lipinski definition) is 2. The molecule has 2 aromatic heterocycles. The highest BCUT2D eigenvalue weighted by atomic mass is 31.2. The van der Waals surface area contributed by atoms with E-state index in [1.54, 1.807) is 4.57 Å². The van der Waals surface area contributed by atoms with Crippen LogP contribution in [-0.4, -0.2) is 15.9 Å². The molecule has 1 aliphatic rings. The van der Waals surface area contributed by atoms with E-state index in [1.807, 2.05) is 24.5 Å². The van der Waals surface area contributed by atoms with Crippen LogP contribution in [0.1, 0.15) is 11.1 Å². The molecular formula is C25H23N2O3P+2. The van der Waals surface area contributed by atoms with Crippen molar-refractivity contribution in [1.82, 2.24) is 0 Å². The predicted octanol–water partition coefficient (Wildman–Crippen LogP) is 3.67. The van der Waals surface area contributed by atoms with E-state index in [2.05, 4.69) is 71.6 Å². The highest BCUT2D eigenvalue weighted by Gasteiger charge is 2.20. The largest absolute Gasteiger partial charge is 0.331 e. The lowest BCUT2D eigenvalue weighted by molar-refractivity contribution is -0.692. The third-order valence-corrected chi connectivity index (χ3v) is 6.56. The molecule has 0 saturated heterocycles. The van der Waals surface area contributed by atoms with Gasteiger partial charge in [0.2, 0.25) is 5.69 Å². The zero-order valence-corrected chi connectivity index (χ0v) is 17.8. The Morgan fingerprint density at radius 1 is 0.774 bits per heavy atom. The lowest BCUT2D eigenvalue weighted by atomic mass is 10.1. The van der Waals surface area contributed by atoms with Gasteiger partial charge in [-0.2, -0.15) is 4.57 Å². The first-order valence-electron chi connectivity index (χ1n) is 10.2. The van der Waals surface area contributed by atoms with Crippen LogP contribution >= 0.6 is 7.60 Å². The van der Waals surface area contributed by atoms with Crippen molar-refractivity contribution in [3.63, 3.8) is 0 Å². The van der Waals surface area contributed by atoms with Gasteiger partial charge in [-0.15, -0.1) is 0 Å². The van der Waals surface area contributed by atoms with E-state index in [0.29, 0.717) is 6.54 Å². The molecule has 1 aliphatic carbocycles. The van der Waals surface area contributed by atoms with Gasteiger partial charge in [-0.1, -0.05) is 24.3 Å². The van der Waals surface area contributed by atoms with Crippen LogP contribution in [-0.2, 0) is 17.5 Å². The number of benzene rings is 2. The molecule has 5 rings (SSSR count). The zero-order valence-electron chi connectivity index (χ0n) is 16.9. The number of hydrogen-bond acceptors (Lipinski definition) is 1. The maximum Gasteiger partial charge on any atom is 0.331 e. The molecule has 2 N–H and O–H groups in total. The smallest absolute Gasteiger partial charge is 0.324 e. The molecule has 154 valence electrons. The Balaban J connectivity index is 1.34. The fourth-order valence-electron chi connectivity index (χ4n) is 4.13. The zero-order chi connectivity index (χ0) is 21.4. The van der Waals surface area contributed by atoms with E-state index in [4.69, 9.17) is 9.79 Å². The number of rotatable bonds is 5. The van der Waals surface area contributed by atoms with Crippen LogP contribution < -0.4 is 9.13 Å².